The number of halogens is 2. The number of hydrogen-bond donors (Lipinski definition) is 1. The number of aryl methyl sites for hydroxylation is 1. The lowest BCUT2D eigenvalue weighted by molar-refractivity contribution is -0.388. The third kappa shape index (κ3) is 3.84. The number of rotatable bonds is 7. The third-order valence-corrected chi connectivity index (χ3v) is 2.99. The molecular formula is C13H14F2N4O4. The summed E-state index contributed by atoms with van der Waals surface area (Å²) in [6.07, 6.45) is 1.31. The monoisotopic (exact) mass is 328 g/mol. The zero-order chi connectivity index (χ0) is 17.0. The lowest BCUT2D eigenvalue weighted by Crippen LogP contribution is -2.07. The topological polar surface area (TPSA) is 91.5 Å². The first-order valence-corrected chi connectivity index (χ1v) is 6.43. The molecule has 8 nitrogen and oxygen atoms in total. The van der Waals surface area contributed by atoms with E-state index in [1.807, 2.05) is 0 Å². The summed E-state index contributed by atoms with van der Waals surface area (Å²) in [4.78, 5) is 13.9. The predicted molar refractivity (Wildman–Crippen MR) is 76.8 cm³/mol. The molecule has 0 aliphatic rings. The molecule has 0 bridgehead atoms. The van der Waals surface area contributed by atoms with E-state index in [0.29, 0.717) is 5.56 Å². The van der Waals surface area contributed by atoms with Crippen molar-refractivity contribution in [3.05, 3.63) is 40.2 Å². The quantitative estimate of drug-likeness (QED) is 0.620. The molecule has 10 heteroatoms. The van der Waals surface area contributed by atoms with Crippen LogP contribution in [0, 0.1) is 10.1 Å². The lowest BCUT2D eigenvalue weighted by Gasteiger charge is -2.12. The second-order valence-corrected chi connectivity index (χ2v) is 4.50. The molecule has 0 unspecified atom stereocenters. The van der Waals surface area contributed by atoms with E-state index in [9.17, 15) is 18.9 Å². The first-order valence-electron chi connectivity index (χ1n) is 6.43. The molecule has 1 aromatic carbocycles. The van der Waals surface area contributed by atoms with E-state index in [4.69, 9.17) is 4.74 Å². The summed E-state index contributed by atoms with van der Waals surface area (Å²) in [7, 11) is 2.94. The van der Waals surface area contributed by atoms with Gasteiger partial charge in [0, 0.05) is 13.6 Å². The van der Waals surface area contributed by atoms with Crippen LogP contribution in [0.2, 0.25) is 0 Å². The summed E-state index contributed by atoms with van der Waals surface area (Å²) in [5.41, 5.74) is 0.581. The van der Waals surface area contributed by atoms with Gasteiger partial charge in [0.2, 0.25) is 12.1 Å². The van der Waals surface area contributed by atoms with Gasteiger partial charge in [-0.1, -0.05) is 6.07 Å². The fourth-order valence-corrected chi connectivity index (χ4v) is 1.96. The number of imidazole rings is 1. The summed E-state index contributed by atoms with van der Waals surface area (Å²) in [6, 6.07) is 4.49. The second kappa shape index (κ2) is 6.90. The number of methoxy groups -OCH3 is 1. The second-order valence-electron chi connectivity index (χ2n) is 4.50. The van der Waals surface area contributed by atoms with Gasteiger partial charge in [0.1, 0.15) is 0 Å². The number of nitro groups is 1. The first-order chi connectivity index (χ1) is 10.9. The summed E-state index contributed by atoms with van der Waals surface area (Å²) in [5.74, 6) is -0.0471. The van der Waals surface area contributed by atoms with E-state index in [1.165, 1.54) is 30.1 Å². The van der Waals surface area contributed by atoms with Gasteiger partial charge in [0.05, 0.1) is 7.11 Å². The number of hydrogen-bond acceptors (Lipinski definition) is 6. The highest BCUT2D eigenvalue weighted by Gasteiger charge is 2.20. The van der Waals surface area contributed by atoms with Crippen molar-refractivity contribution in [2.75, 3.05) is 12.4 Å². The summed E-state index contributed by atoms with van der Waals surface area (Å²) in [6.45, 7) is -2.82. The number of nitrogens with one attached hydrogen (secondary N) is 1. The highest BCUT2D eigenvalue weighted by molar-refractivity contribution is 5.53. The zero-order valence-electron chi connectivity index (χ0n) is 12.3. The zero-order valence-corrected chi connectivity index (χ0v) is 12.3. The number of ether oxygens (including phenoxy) is 2. The Morgan fingerprint density at radius 3 is 2.78 bits per heavy atom. The van der Waals surface area contributed by atoms with Gasteiger partial charge in [-0.2, -0.15) is 8.78 Å². The van der Waals surface area contributed by atoms with Crippen molar-refractivity contribution in [3.63, 3.8) is 0 Å². The molecule has 0 aliphatic heterocycles. The fraction of sp³-hybridized carbons (Fsp3) is 0.308. The average molecular weight is 328 g/mol. The maximum atomic E-state index is 12.4. The smallest absolute Gasteiger partial charge is 0.406 e. The summed E-state index contributed by atoms with van der Waals surface area (Å²) >= 11 is 0. The molecule has 1 heterocycles. The Labute approximate surface area is 129 Å². The Hall–Kier alpha value is -2.91. The first kappa shape index (κ1) is 16.5. The SMILES string of the molecule is COc1ccc(CNc2c([N+](=O)[O-])ncn2C)cc1OC(F)F. The molecule has 2 rings (SSSR count). The molecule has 0 atom stereocenters. The van der Waals surface area contributed by atoms with Gasteiger partial charge < -0.3 is 24.9 Å². The van der Waals surface area contributed by atoms with E-state index in [2.05, 4.69) is 15.0 Å². The summed E-state index contributed by atoms with van der Waals surface area (Å²) < 4.78 is 35.6. The van der Waals surface area contributed by atoms with E-state index < -0.39 is 11.5 Å². The molecule has 0 saturated carbocycles. The fourth-order valence-electron chi connectivity index (χ4n) is 1.96. The molecule has 2 aromatic rings. The standard InChI is InChI=1S/C13H14F2N4O4/c1-18-7-17-12(19(20)21)11(18)16-6-8-3-4-9(22-2)10(5-8)23-13(14)15/h3-5,7,13,16H,6H2,1-2H3. The molecule has 0 aliphatic carbocycles. The van der Waals surface area contributed by atoms with Crippen molar-refractivity contribution in [1.82, 2.24) is 9.55 Å². The van der Waals surface area contributed by atoms with Gasteiger partial charge in [-0.25, -0.2) is 0 Å². The third-order valence-electron chi connectivity index (χ3n) is 2.99. The highest BCUT2D eigenvalue weighted by atomic mass is 19.3. The van der Waals surface area contributed by atoms with E-state index in [0.717, 1.165) is 0 Å². The molecule has 1 aromatic heterocycles. The van der Waals surface area contributed by atoms with Crippen LogP contribution in [0.3, 0.4) is 0 Å². The van der Waals surface area contributed by atoms with Crippen LogP contribution in [0.5, 0.6) is 11.5 Å². The van der Waals surface area contributed by atoms with Gasteiger partial charge in [-0.05, 0) is 27.6 Å². The Morgan fingerprint density at radius 2 is 2.17 bits per heavy atom. The molecule has 0 spiro atoms. The van der Waals surface area contributed by atoms with Crippen molar-refractivity contribution in [3.8, 4) is 11.5 Å². The van der Waals surface area contributed by atoms with Crippen molar-refractivity contribution >= 4 is 11.6 Å². The van der Waals surface area contributed by atoms with E-state index in [-0.39, 0.29) is 29.7 Å². The maximum Gasteiger partial charge on any atom is 0.406 e. The molecule has 1 N–H and O–H groups in total. The minimum atomic E-state index is -2.98. The molecule has 0 saturated heterocycles. The highest BCUT2D eigenvalue weighted by Crippen LogP contribution is 2.30. The lowest BCUT2D eigenvalue weighted by atomic mass is 10.2. The van der Waals surface area contributed by atoms with Crippen molar-refractivity contribution in [1.29, 1.82) is 0 Å². The van der Waals surface area contributed by atoms with E-state index >= 15 is 0 Å². The van der Waals surface area contributed by atoms with Crippen LogP contribution in [-0.2, 0) is 13.6 Å². The minimum Gasteiger partial charge on any atom is -0.493 e. The van der Waals surface area contributed by atoms with Crippen molar-refractivity contribution in [2.24, 2.45) is 7.05 Å². The van der Waals surface area contributed by atoms with Gasteiger partial charge in [0.25, 0.3) is 0 Å². The molecule has 0 amide bonds. The normalized spacial score (nSPS) is 10.7. The Balaban J connectivity index is 2.18. The van der Waals surface area contributed by atoms with Crippen LogP contribution < -0.4 is 14.8 Å². The maximum absolute atomic E-state index is 12.4. The van der Waals surface area contributed by atoms with Crippen molar-refractivity contribution in [2.45, 2.75) is 13.2 Å². The number of nitrogens with zero attached hydrogens (tertiary/aromatic N) is 3. The Bertz CT molecular complexity index is 705. The van der Waals surface area contributed by atoms with Gasteiger partial charge in [-0.3, -0.25) is 4.57 Å². The van der Waals surface area contributed by atoms with Crippen LogP contribution in [0.25, 0.3) is 0 Å². The molecule has 0 fully saturated rings. The minimum absolute atomic E-state index is 0.110. The number of anilines is 1. The van der Waals surface area contributed by atoms with Crippen LogP contribution in [0.4, 0.5) is 20.4 Å². The van der Waals surface area contributed by atoms with Crippen molar-refractivity contribution < 1.29 is 23.2 Å². The predicted octanol–water partition coefficient (Wildman–Crippen LogP) is 2.55. The number of alkyl halides is 2. The van der Waals surface area contributed by atoms with E-state index in [1.54, 1.807) is 13.1 Å². The van der Waals surface area contributed by atoms with Gasteiger partial charge >= 0.3 is 12.4 Å². The molecule has 124 valence electrons. The Kier molecular flexibility index (Phi) is 4.94. The Morgan fingerprint density at radius 1 is 1.43 bits per heavy atom. The molecular weight excluding hydrogens is 314 g/mol. The number of aromatic nitrogens is 2. The van der Waals surface area contributed by atoms with Gasteiger partial charge in [0.15, 0.2) is 11.5 Å². The average Bonchev–Trinajstić information content (AvgIpc) is 2.86. The van der Waals surface area contributed by atoms with Gasteiger partial charge in [-0.15, -0.1) is 0 Å². The molecule has 23 heavy (non-hydrogen) atoms. The molecule has 0 radical (unpaired) electrons. The number of benzene rings is 1. The van der Waals surface area contributed by atoms with Crippen LogP contribution in [0.15, 0.2) is 24.5 Å². The summed E-state index contributed by atoms with van der Waals surface area (Å²) in [5, 5.41) is 13.7. The largest absolute Gasteiger partial charge is 0.493 e. The van der Waals surface area contributed by atoms with Crippen LogP contribution in [0.1, 0.15) is 5.56 Å². The van der Waals surface area contributed by atoms with Crippen LogP contribution in [-0.4, -0.2) is 28.2 Å². The van der Waals surface area contributed by atoms with Crippen LogP contribution >= 0.6 is 0 Å².